The molecule has 4 N–H and O–H groups in total. The molecule has 1 unspecified atom stereocenters. The lowest BCUT2D eigenvalue weighted by Gasteiger charge is -2.14. The topological polar surface area (TPSA) is 102 Å². The maximum Gasteiger partial charge on any atom is 0.407 e. The molecule has 0 fully saturated rings. The van der Waals surface area contributed by atoms with Gasteiger partial charge >= 0.3 is 12.1 Å². The molecular weight excluding hydrogens is 236 g/mol. The first kappa shape index (κ1) is 14.5. The summed E-state index contributed by atoms with van der Waals surface area (Å²) in [6, 6.07) is -0.905. The van der Waals surface area contributed by atoms with Gasteiger partial charge in [-0.2, -0.15) is 0 Å². The highest BCUT2D eigenvalue weighted by Gasteiger charge is 2.24. The Kier molecular flexibility index (Phi) is 5.64. The van der Waals surface area contributed by atoms with Crippen LogP contribution in [0.5, 0.6) is 0 Å². The standard InChI is InChI=1S/C12H20N2O4/c1-8-6-9(8)7-18-12(17)14-10(11(15)16)4-2-3-5-13/h6,9-10H,2-5,7,13H2,1H3,(H,14,17)(H,15,16)/t9?,10-/m0/s1. The second-order valence-electron chi connectivity index (χ2n) is 4.44. The smallest absolute Gasteiger partial charge is 0.407 e. The normalized spacial score (nSPS) is 18.8. The van der Waals surface area contributed by atoms with Gasteiger partial charge in [-0.3, -0.25) is 0 Å². The Morgan fingerprint density at radius 3 is 2.72 bits per heavy atom. The van der Waals surface area contributed by atoms with Crippen LogP contribution in [0.4, 0.5) is 4.79 Å². The average Bonchev–Trinajstić information content (AvgIpc) is 3.01. The highest BCUT2D eigenvalue weighted by Crippen LogP contribution is 2.27. The number of ether oxygens (including phenoxy) is 1. The Morgan fingerprint density at radius 2 is 2.22 bits per heavy atom. The molecule has 18 heavy (non-hydrogen) atoms. The van der Waals surface area contributed by atoms with Crippen molar-refractivity contribution in [2.45, 2.75) is 32.2 Å². The predicted molar refractivity (Wildman–Crippen MR) is 66.1 cm³/mol. The molecule has 0 aromatic rings. The molecule has 6 heteroatoms. The number of alkyl carbamates (subject to hydrolysis) is 1. The second-order valence-corrected chi connectivity index (χ2v) is 4.44. The molecule has 1 aliphatic rings. The van der Waals surface area contributed by atoms with Crippen molar-refractivity contribution in [3.05, 3.63) is 11.6 Å². The van der Waals surface area contributed by atoms with Gasteiger partial charge in [0.05, 0.1) is 0 Å². The molecule has 2 atom stereocenters. The quantitative estimate of drug-likeness (QED) is 0.442. The Bertz CT molecular complexity index is 341. The number of aliphatic carboxylic acids is 1. The van der Waals surface area contributed by atoms with Crippen LogP contribution in [0.15, 0.2) is 11.6 Å². The Labute approximate surface area is 106 Å². The first-order valence-corrected chi connectivity index (χ1v) is 6.09. The molecule has 0 aromatic carbocycles. The van der Waals surface area contributed by atoms with Crippen LogP contribution in [-0.4, -0.2) is 36.4 Å². The van der Waals surface area contributed by atoms with E-state index in [4.69, 9.17) is 15.6 Å². The maximum atomic E-state index is 11.4. The molecule has 1 amide bonds. The summed E-state index contributed by atoms with van der Waals surface area (Å²) in [6.07, 6.45) is 3.08. The van der Waals surface area contributed by atoms with Crippen molar-refractivity contribution in [3.8, 4) is 0 Å². The van der Waals surface area contributed by atoms with Gasteiger partial charge in [-0.15, -0.1) is 0 Å². The van der Waals surface area contributed by atoms with E-state index in [1.807, 2.05) is 13.0 Å². The van der Waals surface area contributed by atoms with Crippen molar-refractivity contribution < 1.29 is 19.4 Å². The zero-order chi connectivity index (χ0) is 13.5. The van der Waals surface area contributed by atoms with E-state index >= 15 is 0 Å². The number of hydrogen-bond acceptors (Lipinski definition) is 4. The number of hydrogen-bond donors (Lipinski definition) is 3. The van der Waals surface area contributed by atoms with Crippen LogP contribution in [0.3, 0.4) is 0 Å². The average molecular weight is 256 g/mol. The molecule has 6 nitrogen and oxygen atoms in total. The minimum Gasteiger partial charge on any atom is -0.480 e. The van der Waals surface area contributed by atoms with E-state index in [0.717, 1.165) is 6.42 Å². The molecule has 0 aromatic heterocycles. The summed E-state index contributed by atoms with van der Waals surface area (Å²) in [5, 5.41) is 11.3. The van der Waals surface area contributed by atoms with Crippen LogP contribution in [0.1, 0.15) is 26.2 Å². The molecule has 0 saturated carbocycles. The van der Waals surface area contributed by atoms with Crippen LogP contribution < -0.4 is 11.1 Å². The van der Waals surface area contributed by atoms with Crippen molar-refractivity contribution in [2.24, 2.45) is 11.7 Å². The van der Waals surface area contributed by atoms with E-state index in [2.05, 4.69) is 5.32 Å². The monoisotopic (exact) mass is 256 g/mol. The minimum absolute atomic E-state index is 0.233. The van der Waals surface area contributed by atoms with Gasteiger partial charge in [0, 0.05) is 5.92 Å². The molecule has 1 rings (SSSR count). The molecule has 0 heterocycles. The zero-order valence-corrected chi connectivity index (χ0v) is 10.5. The molecule has 1 aliphatic carbocycles. The third kappa shape index (κ3) is 5.18. The molecule has 0 radical (unpaired) electrons. The van der Waals surface area contributed by atoms with Crippen LogP contribution in [0, 0.1) is 5.92 Å². The third-order valence-corrected chi connectivity index (χ3v) is 2.87. The van der Waals surface area contributed by atoms with Gasteiger partial charge in [-0.05, 0) is 32.7 Å². The van der Waals surface area contributed by atoms with Gasteiger partial charge in [-0.1, -0.05) is 11.6 Å². The largest absolute Gasteiger partial charge is 0.480 e. The van der Waals surface area contributed by atoms with E-state index in [9.17, 15) is 9.59 Å². The number of rotatable bonds is 8. The highest BCUT2D eigenvalue weighted by atomic mass is 16.5. The van der Waals surface area contributed by atoms with E-state index in [-0.39, 0.29) is 12.5 Å². The summed E-state index contributed by atoms with van der Waals surface area (Å²) < 4.78 is 4.93. The minimum atomic E-state index is -1.05. The summed E-state index contributed by atoms with van der Waals surface area (Å²) >= 11 is 0. The SMILES string of the molecule is CC1=CC1COC(=O)N[C@@H](CCCCN)C(=O)O. The molecule has 0 bridgehead atoms. The first-order valence-electron chi connectivity index (χ1n) is 6.09. The fraction of sp³-hybridized carbons (Fsp3) is 0.667. The number of carboxylic acids is 1. The van der Waals surface area contributed by atoms with E-state index < -0.39 is 18.1 Å². The fourth-order valence-electron chi connectivity index (χ4n) is 1.55. The highest BCUT2D eigenvalue weighted by molar-refractivity contribution is 5.79. The van der Waals surface area contributed by atoms with Gasteiger partial charge < -0.3 is 20.9 Å². The van der Waals surface area contributed by atoms with Crippen LogP contribution in [0.2, 0.25) is 0 Å². The number of amides is 1. The van der Waals surface area contributed by atoms with Gasteiger partial charge in [0.2, 0.25) is 0 Å². The van der Waals surface area contributed by atoms with E-state index in [1.165, 1.54) is 5.57 Å². The van der Waals surface area contributed by atoms with Crippen LogP contribution in [-0.2, 0) is 9.53 Å². The van der Waals surface area contributed by atoms with Gasteiger partial charge in [0.25, 0.3) is 0 Å². The third-order valence-electron chi connectivity index (χ3n) is 2.87. The summed E-state index contributed by atoms with van der Waals surface area (Å²) in [7, 11) is 0. The van der Waals surface area contributed by atoms with Crippen molar-refractivity contribution >= 4 is 12.1 Å². The number of carboxylic acid groups (broad SMARTS) is 1. The number of carbonyl (C=O) groups is 2. The summed E-state index contributed by atoms with van der Waals surface area (Å²) in [4.78, 5) is 22.3. The molecule has 102 valence electrons. The lowest BCUT2D eigenvalue weighted by atomic mass is 10.1. The first-order chi connectivity index (χ1) is 8.54. The van der Waals surface area contributed by atoms with Crippen molar-refractivity contribution in [1.82, 2.24) is 5.32 Å². The Balaban J connectivity index is 2.21. The van der Waals surface area contributed by atoms with Crippen molar-refractivity contribution in [1.29, 1.82) is 0 Å². The zero-order valence-electron chi connectivity index (χ0n) is 10.5. The van der Waals surface area contributed by atoms with E-state index in [0.29, 0.717) is 19.4 Å². The van der Waals surface area contributed by atoms with Crippen molar-refractivity contribution in [2.75, 3.05) is 13.2 Å². The molecule has 0 spiro atoms. The summed E-state index contributed by atoms with van der Waals surface area (Å²) in [5.74, 6) is -0.819. The number of unbranched alkanes of at least 4 members (excludes halogenated alkanes) is 1. The van der Waals surface area contributed by atoms with Crippen LogP contribution in [0.25, 0.3) is 0 Å². The second kappa shape index (κ2) is 7.00. The number of nitrogens with one attached hydrogen (secondary N) is 1. The van der Waals surface area contributed by atoms with Crippen molar-refractivity contribution in [3.63, 3.8) is 0 Å². The fourth-order valence-corrected chi connectivity index (χ4v) is 1.55. The van der Waals surface area contributed by atoms with Gasteiger partial charge in [0.15, 0.2) is 0 Å². The van der Waals surface area contributed by atoms with Gasteiger partial charge in [0.1, 0.15) is 12.6 Å². The number of nitrogens with two attached hydrogens (primary N) is 1. The molecule has 0 saturated heterocycles. The molecule has 0 aliphatic heterocycles. The summed E-state index contributed by atoms with van der Waals surface area (Å²) in [5.41, 5.74) is 6.52. The number of carbonyl (C=O) groups excluding carboxylic acids is 1. The van der Waals surface area contributed by atoms with E-state index in [1.54, 1.807) is 0 Å². The van der Waals surface area contributed by atoms with Crippen LogP contribution >= 0.6 is 0 Å². The summed E-state index contributed by atoms with van der Waals surface area (Å²) in [6.45, 7) is 2.76. The Morgan fingerprint density at radius 1 is 1.56 bits per heavy atom. The lowest BCUT2D eigenvalue weighted by Crippen LogP contribution is -2.41. The Hall–Kier alpha value is -1.56. The predicted octanol–water partition coefficient (Wildman–Crippen LogP) is 0.871. The molecular formula is C12H20N2O4. The lowest BCUT2D eigenvalue weighted by molar-refractivity contribution is -0.139. The maximum absolute atomic E-state index is 11.4. The van der Waals surface area contributed by atoms with Gasteiger partial charge in [-0.25, -0.2) is 9.59 Å².